The Morgan fingerprint density at radius 3 is 2.29 bits per heavy atom. The van der Waals surface area contributed by atoms with Crippen molar-refractivity contribution < 1.29 is 0 Å². The second-order valence-electron chi connectivity index (χ2n) is 6.19. The first kappa shape index (κ1) is 10.4. The minimum Gasteiger partial charge on any atom is -0.312 e. The zero-order chi connectivity index (χ0) is 10.2. The van der Waals surface area contributed by atoms with Crippen LogP contribution in [0, 0.1) is 11.3 Å². The molecule has 1 atom stereocenters. The molecule has 2 nitrogen and oxygen atoms in total. The molecule has 0 saturated carbocycles. The fourth-order valence-corrected chi connectivity index (χ4v) is 2.63. The van der Waals surface area contributed by atoms with Crippen molar-refractivity contribution in [2.24, 2.45) is 11.3 Å². The van der Waals surface area contributed by atoms with Gasteiger partial charge >= 0.3 is 0 Å². The van der Waals surface area contributed by atoms with E-state index in [4.69, 9.17) is 0 Å². The number of nitrogens with zero attached hydrogens (tertiary/aromatic N) is 1. The van der Waals surface area contributed by atoms with E-state index in [1.165, 1.54) is 32.5 Å². The van der Waals surface area contributed by atoms with Gasteiger partial charge in [0.25, 0.3) is 0 Å². The maximum absolute atomic E-state index is 3.75. The number of hydrogen-bond acceptors (Lipinski definition) is 2. The Kier molecular flexibility index (Phi) is 2.85. The van der Waals surface area contributed by atoms with Crippen LogP contribution in [0.5, 0.6) is 0 Å². The Labute approximate surface area is 88.1 Å². The molecule has 14 heavy (non-hydrogen) atoms. The molecule has 2 heteroatoms. The highest BCUT2D eigenvalue weighted by molar-refractivity contribution is 4.91. The maximum atomic E-state index is 3.75. The molecule has 0 aromatic heterocycles. The maximum Gasteiger partial charge on any atom is 0.0224 e. The van der Waals surface area contributed by atoms with Crippen molar-refractivity contribution in [3.05, 3.63) is 0 Å². The van der Waals surface area contributed by atoms with Crippen LogP contribution in [0.15, 0.2) is 0 Å². The minimum absolute atomic E-state index is 0.423. The summed E-state index contributed by atoms with van der Waals surface area (Å²) >= 11 is 0. The molecule has 3 aliphatic rings. The van der Waals surface area contributed by atoms with Gasteiger partial charge in [-0.25, -0.2) is 0 Å². The second kappa shape index (κ2) is 3.82. The molecule has 82 valence electrons. The van der Waals surface area contributed by atoms with Gasteiger partial charge in [0.05, 0.1) is 0 Å². The summed E-state index contributed by atoms with van der Waals surface area (Å²) in [5, 5.41) is 3.75. The monoisotopic (exact) mass is 196 g/mol. The van der Waals surface area contributed by atoms with E-state index in [0.717, 1.165) is 18.5 Å². The lowest BCUT2D eigenvalue weighted by Gasteiger charge is -2.45. The van der Waals surface area contributed by atoms with Crippen molar-refractivity contribution in [3.63, 3.8) is 0 Å². The number of fused-ring (bicyclic) bond motifs is 3. The van der Waals surface area contributed by atoms with E-state index in [-0.39, 0.29) is 0 Å². The minimum atomic E-state index is 0.423. The lowest BCUT2D eigenvalue weighted by atomic mass is 9.83. The van der Waals surface area contributed by atoms with Gasteiger partial charge in [-0.05, 0) is 37.3 Å². The molecule has 0 amide bonds. The van der Waals surface area contributed by atoms with Crippen LogP contribution in [0.2, 0.25) is 0 Å². The van der Waals surface area contributed by atoms with E-state index >= 15 is 0 Å². The normalized spacial score (nSPS) is 37.5. The molecular weight excluding hydrogens is 172 g/mol. The quantitative estimate of drug-likeness (QED) is 0.723. The van der Waals surface area contributed by atoms with E-state index in [2.05, 4.69) is 31.0 Å². The van der Waals surface area contributed by atoms with Crippen LogP contribution in [0.1, 0.15) is 33.6 Å². The van der Waals surface area contributed by atoms with E-state index in [9.17, 15) is 0 Å². The number of piperidine rings is 3. The highest BCUT2D eigenvalue weighted by Gasteiger charge is 2.33. The second-order valence-corrected chi connectivity index (χ2v) is 6.19. The Hall–Kier alpha value is -0.0800. The zero-order valence-electron chi connectivity index (χ0n) is 9.84. The average Bonchev–Trinajstić information content (AvgIpc) is 2.16. The fraction of sp³-hybridized carbons (Fsp3) is 1.00. The third kappa shape index (κ3) is 2.48. The Balaban J connectivity index is 1.81. The van der Waals surface area contributed by atoms with Gasteiger partial charge in [-0.1, -0.05) is 20.8 Å². The van der Waals surface area contributed by atoms with E-state index in [1.807, 2.05) is 0 Å². The third-order valence-corrected chi connectivity index (χ3v) is 3.55. The molecule has 3 aliphatic heterocycles. The van der Waals surface area contributed by atoms with Crippen LogP contribution in [0.3, 0.4) is 0 Å². The number of hydrogen-bond donors (Lipinski definition) is 1. The van der Waals surface area contributed by atoms with Crippen molar-refractivity contribution >= 4 is 0 Å². The topological polar surface area (TPSA) is 15.3 Å². The smallest absolute Gasteiger partial charge is 0.0224 e. The van der Waals surface area contributed by atoms with Gasteiger partial charge in [0.15, 0.2) is 0 Å². The third-order valence-electron chi connectivity index (χ3n) is 3.55. The van der Waals surface area contributed by atoms with Crippen LogP contribution in [-0.2, 0) is 0 Å². The lowest BCUT2D eigenvalue weighted by Crippen LogP contribution is -2.57. The molecule has 1 unspecified atom stereocenters. The summed E-state index contributed by atoms with van der Waals surface area (Å²) in [5.74, 6) is 0.961. The van der Waals surface area contributed by atoms with Gasteiger partial charge in [0, 0.05) is 19.1 Å². The summed E-state index contributed by atoms with van der Waals surface area (Å²) in [6, 6.07) is 0.775. The molecule has 0 radical (unpaired) electrons. The van der Waals surface area contributed by atoms with Gasteiger partial charge in [0.1, 0.15) is 0 Å². The first-order chi connectivity index (χ1) is 6.54. The van der Waals surface area contributed by atoms with E-state index in [1.54, 1.807) is 0 Å². The Morgan fingerprint density at radius 2 is 1.86 bits per heavy atom. The van der Waals surface area contributed by atoms with Crippen LogP contribution in [-0.4, -0.2) is 37.1 Å². The van der Waals surface area contributed by atoms with Crippen LogP contribution in [0.4, 0.5) is 0 Å². The number of nitrogens with one attached hydrogen (secondary N) is 1. The van der Waals surface area contributed by atoms with Gasteiger partial charge < -0.3 is 10.2 Å². The van der Waals surface area contributed by atoms with Gasteiger partial charge in [0.2, 0.25) is 0 Å². The molecule has 0 aromatic carbocycles. The van der Waals surface area contributed by atoms with Gasteiger partial charge in [-0.15, -0.1) is 0 Å². The zero-order valence-corrected chi connectivity index (χ0v) is 9.84. The first-order valence-corrected chi connectivity index (χ1v) is 6.00. The molecular formula is C12H24N2. The van der Waals surface area contributed by atoms with Crippen molar-refractivity contribution in [2.75, 3.05) is 26.2 Å². The van der Waals surface area contributed by atoms with Gasteiger partial charge in [-0.2, -0.15) is 0 Å². The summed E-state index contributed by atoms with van der Waals surface area (Å²) in [7, 11) is 0. The van der Waals surface area contributed by atoms with E-state index < -0.39 is 0 Å². The molecule has 2 bridgehead atoms. The Morgan fingerprint density at radius 1 is 1.21 bits per heavy atom. The molecule has 0 aromatic rings. The largest absolute Gasteiger partial charge is 0.312 e. The lowest BCUT2D eigenvalue weighted by molar-refractivity contribution is 0.0685. The summed E-state index contributed by atoms with van der Waals surface area (Å²) in [6.07, 6.45) is 2.84. The standard InChI is InChI=1S/C12H24N2/c1-12(2,3)9-13-11-8-14-6-4-10(11)5-7-14/h10-11,13H,4-9H2,1-3H3. The number of rotatable bonds is 2. The van der Waals surface area contributed by atoms with Crippen molar-refractivity contribution in [1.29, 1.82) is 0 Å². The van der Waals surface area contributed by atoms with Crippen molar-refractivity contribution in [1.82, 2.24) is 10.2 Å². The molecule has 3 fully saturated rings. The molecule has 0 aliphatic carbocycles. The highest BCUT2D eigenvalue weighted by atomic mass is 15.2. The van der Waals surface area contributed by atoms with Crippen molar-refractivity contribution in [2.45, 2.75) is 39.7 Å². The van der Waals surface area contributed by atoms with E-state index in [0.29, 0.717) is 5.41 Å². The molecule has 0 spiro atoms. The first-order valence-electron chi connectivity index (χ1n) is 6.00. The molecule has 1 N–H and O–H groups in total. The van der Waals surface area contributed by atoms with Crippen LogP contribution < -0.4 is 5.32 Å². The van der Waals surface area contributed by atoms with Crippen LogP contribution >= 0.6 is 0 Å². The summed E-state index contributed by atoms with van der Waals surface area (Å²) in [4.78, 5) is 2.61. The predicted octanol–water partition coefficient (Wildman–Crippen LogP) is 1.72. The Bertz CT molecular complexity index is 187. The van der Waals surface area contributed by atoms with Gasteiger partial charge in [-0.3, -0.25) is 0 Å². The summed E-state index contributed by atoms with van der Waals surface area (Å²) < 4.78 is 0. The van der Waals surface area contributed by atoms with Crippen molar-refractivity contribution in [3.8, 4) is 0 Å². The average molecular weight is 196 g/mol. The molecule has 3 heterocycles. The molecule has 3 saturated heterocycles. The SMILES string of the molecule is CC(C)(C)CNC1CN2CCC1CC2. The predicted molar refractivity (Wildman–Crippen MR) is 60.4 cm³/mol. The summed E-state index contributed by atoms with van der Waals surface area (Å²) in [6.45, 7) is 12.1. The highest BCUT2D eigenvalue weighted by Crippen LogP contribution is 2.27. The fourth-order valence-electron chi connectivity index (χ4n) is 2.63. The summed E-state index contributed by atoms with van der Waals surface area (Å²) in [5.41, 5.74) is 0.423. The molecule has 3 rings (SSSR count). The van der Waals surface area contributed by atoms with Crippen LogP contribution in [0.25, 0.3) is 0 Å².